The zero-order chi connectivity index (χ0) is 109. The molecule has 0 saturated heterocycles. The molecule has 0 bridgehead atoms. The molecule has 24 nitrogen and oxygen atoms in total. The molecule has 0 aliphatic carbocycles. The fourth-order valence-electron chi connectivity index (χ4n) is 7.79. The number of carbonyl (C=O) groups excluding carboxylic acids is 8. The van der Waals surface area contributed by atoms with Gasteiger partial charge in [-0.1, -0.05) is 0 Å². The van der Waals surface area contributed by atoms with Gasteiger partial charge in [-0.3, -0.25) is 25.9 Å². The van der Waals surface area contributed by atoms with Crippen LogP contribution in [-0.2, 0) is 90.8 Å². The van der Waals surface area contributed by atoms with Gasteiger partial charge in [-0.2, -0.15) is 0 Å². The minimum atomic E-state index is -10.7. The number of pyridine rings is 8. The number of aromatic nitrogens is 8. The van der Waals surface area contributed by atoms with Crippen LogP contribution in [0.15, 0.2) is 196 Å². The summed E-state index contributed by atoms with van der Waals surface area (Å²) in [6.45, 7) is 34.3. The second-order valence-electron chi connectivity index (χ2n) is 26.9. The molecule has 0 unspecified atom stereocenters. The van der Waals surface area contributed by atoms with Crippen molar-refractivity contribution in [2.24, 2.45) is 7.05 Å². The number of hydrogen-bond acceptors (Lipinski definition) is 16. The third-order valence-electron chi connectivity index (χ3n) is 13.7. The maximum absolute atomic E-state index is 11.6. The Kier molecular flexibility index (Phi) is 68.6. The molecule has 0 amide bonds. The molecule has 0 saturated carbocycles. The number of methoxy groups -OCH3 is 4. The molecule has 8 heterocycles. The predicted molar refractivity (Wildman–Crippen MR) is 449 cm³/mol. The van der Waals surface area contributed by atoms with Crippen LogP contribution >= 0.6 is 31.2 Å². The summed E-state index contributed by atoms with van der Waals surface area (Å²) in [5.74, 6) is -2.23. The molecular formula is C78H108B2F32I2N8O16P4. The summed E-state index contributed by atoms with van der Waals surface area (Å²) >= 11 is 0. The topological polar surface area (TPSA) is 241 Å². The number of ether oxygens (including phenoxy) is 8. The first-order chi connectivity index (χ1) is 61.9. The van der Waals surface area contributed by atoms with Crippen molar-refractivity contribution in [2.45, 2.75) is 154 Å². The van der Waals surface area contributed by atoms with Crippen LogP contribution in [0.1, 0.15) is 180 Å². The van der Waals surface area contributed by atoms with E-state index in [4.69, 9.17) is 18.9 Å². The van der Waals surface area contributed by atoms with Crippen LogP contribution in [0.3, 0.4) is 0 Å². The van der Waals surface area contributed by atoms with Crippen molar-refractivity contribution in [3.63, 3.8) is 0 Å². The van der Waals surface area contributed by atoms with Crippen LogP contribution in [0.4, 0.5) is 127 Å². The van der Waals surface area contributed by atoms with Gasteiger partial charge in [0.25, 0.3) is 0 Å². The normalized spacial score (nSPS) is 12.0. The largest absolute Gasteiger partial charge is 1.00 e. The van der Waals surface area contributed by atoms with E-state index in [0.29, 0.717) is 57.7 Å². The van der Waals surface area contributed by atoms with Crippen molar-refractivity contribution in [3.8, 4) is 0 Å². The summed E-state index contributed by atoms with van der Waals surface area (Å²) in [4.78, 5) is 89.3. The molecule has 0 spiro atoms. The van der Waals surface area contributed by atoms with E-state index in [2.05, 4.69) is 18.9 Å². The minimum Gasteiger partial charge on any atom is -1.00 e. The summed E-state index contributed by atoms with van der Waals surface area (Å²) in [5, 5.41) is 0. The Bertz CT molecular complexity index is 4590. The fourth-order valence-corrected chi connectivity index (χ4v) is 7.79. The predicted octanol–water partition coefficient (Wildman–Crippen LogP) is 11.8. The Labute approximate surface area is 830 Å². The van der Waals surface area contributed by atoms with Crippen LogP contribution in [0.5, 0.6) is 0 Å². The first-order valence-corrected chi connectivity index (χ1v) is 47.2. The molecule has 0 radical (unpaired) electrons. The standard InChI is InChI=1S/C12H18NO2.C11H16NO2.2C10H14NO2.3C9H12NO2.C8H10NO2.2BF3.4F6P.2FH.2HI/c1-5-13-8-6-10(7-9-13)11(14)15-12(2,3)4;1-4-12-7-5-10(6-8-12)11(13)14-9(2)3;2*1-3-11-7-5-9(6-8-11)10(12)13-4-2;3*1-3-10-6-4-8(5-7-10)9(11)12-2;1-9-5-3-7(4-6-9)8(10)11-2;2*2-1(3)4;4*1-7(2,3,4,5)6;;;;/h6-9H,5H2,1-4H3;5-9H,4H2,1-3H3;2*5-8H,3-4H2,1-2H3;3*4-7H,3H2,1-2H3;3-6H,1-2H3;;;;;;;4*1H/q8*+1;;;4*-1;;;;/p-4. The second-order valence-corrected chi connectivity index (χ2v) is 34.5. The molecule has 142 heavy (non-hydrogen) atoms. The van der Waals surface area contributed by atoms with E-state index >= 15 is 0 Å². The minimum absolute atomic E-state index is 0. The van der Waals surface area contributed by atoms with Gasteiger partial charge in [0.1, 0.15) is 58.5 Å². The summed E-state index contributed by atoms with van der Waals surface area (Å²) in [6.07, 6.45) is 29.6. The van der Waals surface area contributed by atoms with Crippen LogP contribution in [0.25, 0.3) is 0 Å². The Hall–Kier alpha value is -9.97. The summed E-state index contributed by atoms with van der Waals surface area (Å²) in [5.41, 5.74) is 4.29. The number of nitrogens with zero attached hydrogens (tertiary/aromatic N) is 8. The molecule has 0 aromatic carbocycles. The molecule has 8 aromatic rings. The quantitative estimate of drug-likeness (QED) is 0.0147. The van der Waals surface area contributed by atoms with E-state index in [1.165, 1.54) is 28.4 Å². The van der Waals surface area contributed by atoms with Gasteiger partial charge in [-0.25, -0.2) is 74.9 Å². The van der Waals surface area contributed by atoms with Crippen molar-refractivity contribution in [2.75, 3.05) is 41.7 Å². The Morgan fingerprint density at radius 2 is 0.401 bits per heavy atom. The maximum atomic E-state index is 11.6. The number of rotatable bonds is 18. The first-order valence-electron chi connectivity index (χ1n) is 39.0. The third-order valence-corrected chi connectivity index (χ3v) is 13.7. The van der Waals surface area contributed by atoms with E-state index in [-0.39, 0.29) is 111 Å². The van der Waals surface area contributed by atoms with Crippen molar-refractivity contribution >= 4 is 94.1 Å². The van der Waals surface area contributed by atoms with Gasteiger partial charge in [-0.15, -0.1) is 0 Å². The van der Waals surface area contributed by atoms with E-state index in [1.54, 1.807) is 123 Å². The van der Waals surface area contributed by atoms with Crippen LogP contribution in [0, 0.1) is 0 Å². The van der Waals surface area contributed by atoms with Crippen molar-refractivity contribution in [1.29, 1.82) is 0 Å². The Morgan fingerprint density at radius 1 is 0.275 bits per heavy atom. The number of carbonyl (C=O) groups is 8. The Balaban J connectivity index is -0.000000167. The van der Waals surface area contributed by atoms with Gasteiger partial charge in [0.15, 0.2) is 99.1 Å². The summed E-state index contributed by atoms with van der Waals surface area (Å²) in [6, 6.07) is 28.1. The van der Waals surface area contributed by atoms with Gasteiger partial charge in [0.2, 0.25) is 0 Å². The number of hydrogen-bond donors (Lipinski definition) is 0. The molecule has 8 aromatic heterocycles. The summed E-state index contributed by atoms with van der Waals surface area (Å²) in [7, 11) is -42.6. The van der Waals surface area contributed by atoms with E-state index in [0.717, 1.165) is 45.8 Å². The molecule has 64 heteroatoms. The molecule has 8 rings (SSSR count). The van der Waals surface area contributed by atoms with Crippen LogP contribution in [0.2, 0.25) is 0 Å². The zero-order valence-corrected chi connectivity index (χ0v) is 86.7. The molecule has 0 aliphatic heterocycles. The maximum Gasteiger partial charge on any atom is -1.00 e. The average molecular weight is 2420 g/mol. The van der Waals surface area contributed by atoms with E-state index in [9.17, 15) is 165 Å². The van der Waals surface area contributed by atoms with Crippen LogP contribution in [-0.4, -0.2) is 116 Å². The number of esters is 8. The van der Waals surface area contributed by atoms with Crippen molar-refractivity contribution in [1.82, 2.24) is 0 Å². The van der Waals surface area contributed by atoms with Crippen molar-refractivity contribution in [3.05, 3.63) is 241 Å². The van der Waals surface area contributed by atoms with Gasteiger partial charge < -0.3 is 95.3 Å². The first kappa shape index (κ1) is 152. The fraction of sp³-hybridized carbons (Fsp3) is 0.385. The van der Waals surface area contributed by atoms with Gasteiger partial charge in [0, 0.05) is 97.1 Å². The summed E-state index contributed by atoms with van der Waals surface area (Å²) < 4.78 is 349. The molecule has 0 N–H and O–H groups in total. The number of aryl methyl sites for hydroxylation is 8. The Morgan fingerprint density at radius 3 is 0.521 bits per heavy atom. The van der Waals surface area contributed by atoms with E-state index in [1.807, 2.05) is 213 Å². The second kappa shape index (κ2) is 64.0. The average Bonchev–Trinajstić information content (AvgIpc) is 0.800. The van der Waals surface area contributed by atoms with Gasteiger partial charge in [-0.05, 0) is 96.9 Å². The van der Waals surface area contributed by atoms with Crippen molar-refractivity contribution < 1.29 is 297 Å². The van der Waals surface area contributed by atoms with Gasteiger partial charge in [0.05, 0.1) is 92.3 Å². The van der Waals surface area contributed by atoms with Gasteiger partial charge >= 0.3 is 195 Å². The molecule has 0 fully saturated rings. The zero-order valence-electron chi connectivity index (χ0n) is 78.8. The molecule has 0 atom stereocenters. The molecule has 0 aliphatic rings. The monoisotopic (exact) mass is 2420 g/mol. The smallest absolute Gasteiger partial charge is 1.00 e. The van der Waals surface area contributed by atoms with E-state index < -0.39 is 51.9 Å². The molecular weight excluding hydrogens is 2310 g/mol. The van der Waals surface area contributed by atoms with Crippen LogP contribution < -0.4 is 93.9 Å². The number of halogens is 34. The SMILES string of the molecule is CCOC(=O)c1cc[n+](CC)cc1.CCOC(=O)c1cc[n+](CC)cc1.CC[n+]1ccc(C(=O)OC(C)(C)C)cc1.CC[n+]1ccc(C(=O)OC(C)C)cc1.CC[n+]1ccc(C(=O)OC)cc1.CC[n+]1ccc(C(=O)OC)cc1.CC[n+]1ccc(C(=O)OC)cc1.COC(=O)c1cc[n+](C)cc1.FB(F)F.FB(F)F.F[P-](F)(F)(F)(F)F.F[P-](F)(F)(F)(F)F.F[P-](F)(F)(F)(F)F.F[P-](F)(F)(F)(F)F.[F-].[F-].[I-].[I-]. The third kappa shape index (κ3) is 112. The molecule has 820 valence electrons.